The lowest BCUT2D eigenvalue weighted by Crippen LogP contribution is -1.96. The van der Waals surface area contributed by atoms with Crippen LogP contribution in [0.25, 0.3) is 21.6 Å². The summed E-state index contributed by atoms with van der Waals surface area (Å²) in [7, 11) is 0. The highest BCUT2D eigenvalue weighted by molar-refractivity contribution is 7.13. The molecule has 0 saturated carbocycles. The van der Waals surface area contributed by atoms with Gasteiger partial charge in [0.1, 0.15) is 12.0 Å². The number of hydrogen-bond donors (Lipinski definition) is 2. The van der Waals surface area contributed by atoms with E-state index in [1.165, 1.54) is 23.9 Å². The molecule has 0 aromatic carbocycles. The van der Waals surface area contributed by atoms with Gasteiger partial charge in [0, 0.05) is 6.20 Å². The smallest absolute Gasteiger partial charge is 0.338 e. The van der Waals surface area contributed by atoms with Crippen molar-refractivity contribution in [1.82, 2.24) is 15.0 Å². The predicted octanol–water partition coefficient (Wildman–Crippen LogP) is 2.38. The number of aromatic amines is 1. The summed E-state index contributed by atoms with van der Waals surface area (Å²) < 4.78 is 0. The molecular weight excluding hydrogens is 238 g/mol. The second kappa shape index (κ2) is 3.67. The Balaban J connectivity index is 2.38. The average molecular weight is 245 g/mol. The zero-order chi connectivity index (χ0) is 11.8. The first-order valence-electron chi connectivity index (χ1n) is 4.86. The number of carbonyl (C=O) groups is 1. The second-order valence-corrected chi connectivity index (χ2v) is 4.38. The van der Waals surface area contributed by atoms with Gasteiger partial charge in [0.05, 0.1) is 21.5 Å². The van der Waals surface area contributed by atoms with E-state index in [0.29, 0.717) is 16.7 Å². The van der Waals surface area contributed by atoms with Gasteiger partial charge in [-0.2, -0.15) is 0 Å². The number of aromatic nitrogens is 3. The number of carboxylic acid groups (broad SMARTS) is 1. The van der Waals surface area contributed by atoms with Gasteiger partial charge in [0.25, 0.3) is 0 Å². The molecule has 3 heterocycles. The van der Waals surface area contributed by atoms with Crippen LogP contribution in [0.3, 0.4) is 0 Å². The summed E-state index contributed by atoms with van der Waals surface area (Å²) in [6.07, 6.45) is 2.87. The number of hydrogen-bond acceptors (Lipinski definition) is 4. The molecule has 0 amide bonds. The standard InChI is InChI=1S/C11H7N3O2S/c15-11(16)6-4-12-10-8(6)9(13-5-14-10)7-2-1-3-17-7/h1-5H,(H,15,16)(H,12,13,14). The molecule has 0 unspecified atom stereocenters. The van der Waals surface area contributed by atoms with Crippen LogP contribution in [0.5, 0.6) is 0 Å². The van der Waals surface area contributed by atoms with Crippen LogP contribution in [0.1, 0.15) is 10.4 Å². The van der Waals surface area contributed by atoms with Crippen molar-refractivity contribution >= 4 is 28.3 Å². The molecule has 0 fully saturated rings. The highest BCUT2D eigenvalue weighted by atomic mass is 32.1. The number of rotatable bonds is 2. The Morgan fingerprint density at radius 3 is 3.00 bits per heavy atom. The van der Waals surface area contributed by atoms with Crippen LogP contribution < -0.4 is 0 Å². The molecule has 0 radical (unpaired) electrons. The Morgan fingerprint density at radius 1 is 1.41 bits per heavy atom. The van der Waals surface area contributed by atoms with Crippen molar-refractivity contribution in [2.45, 2.75) is 0 Å². The van der Waals surface area contributed by atoms with Crippen LogP contribution in [0.4, 0.5) is 0 Å². The Morgan fingerprint density at radius 2 is 2.29 bits per heavy atom. The number of aromatic carboxylic acids is 1. The van der Waals surface area contributed by atoms with Crippen molar-refractivity contribution in [3.05, 3.63) is 35.6 Å². The Kier molecular flexibility index (Phi) is 2.15. The third-order valence-corrected chi connectivity index (χ3v) is 3.33. The molecule has 2 N–H and O–H groups in total. The molecule has 6 heteroatoms. The van der Waals surface area contributed by atoms with Crippen molar-refractivity contribution in [3.8, 4) is 10.6 Å². The normalized spacial score (nSPS) is 10.8. The molecule has 0 bridgehead atoms. The van der Waals surface area contributed by atoms with E-state index in [0.717, 1.165) is 4.88 Å². The van der Waals surface area contributed by atoms with E-state index in [9.17, 15) is 4.79 Å². The molecule has 3 rings (SSSR count). The van der Waals surface area contributed by atoms with E-state index in [1.807, 2.05) is 17.5 Å². The molecule has 0 aliphatic carbocycles. The Bertz CT molecular complexity index is 688. The van der Waals surface area contributed by atoms with E-state index in [4.69, 9.17) is 5.11 Å². The number of nitrogens with one attached hydrogen (secondary N) is 1. The van der Waals surface area contributed by atoms with E-state index in [-0.39, 0.29) is 5.56 Å². The van der Waals surface area contributed by atoms with Crippen molar-refractivity contribution in [3.63, 3.8) is 0 Å². The Hall–Kier alpha value is -2.21. The minimum Gasteiger partial charge on any atom is -0.478 e. The number of fused-ring (bicyclic) bond motifs is 1. The van der Waals surface area contributed by atoms with Gasteiger partial charge in [-0.3, -0.25) is 0 Å². The van der Waals surface area contributed by atoms with E-state index >= 15 is 0 Å². The molecule has 5 nitrogen and oxygen atoms in total. The number of H-pyrrole nitrogens is 1. The van der Waals surface area contributed by atoms with E-state index in [2.05, 4.69) is 15.0 Å². The van der Waals surface area contributed by atoms with Crippen LogP contribution in [0, 0.1) is 0 Å². The van der Waals surface area contributed by atoms with Crippen molar-refractivity contribution in [2.24, 2.45) is 0 Å². The lowest BCUT2D eigenvalue weighted by atomic mass is 10.1. The van der Waals surface area contributed by atoms with Gasteiger partial charge in [0.2, 0.25) is 0 Å². The van der Waals surface area contributed by atoms with E-state index < -0.39 is 5.97 Å². The van der Waals surface area contributed by atoms with Crippen LogP contribution >= 0.6 is 11.3 Å². The van der Waals surface area contributed by atoms with Crippen LogP contribution in [0.2, 0.25) is 0 Å². The van der Waals surface area contributed by atoms with Crippen molar-refractivity contribution in [2.75, 3.05) is 0 Å². The molecule has 0 aliphatic heterocycles. The number of nitrogens with zero attached hydrogens (tertiary/aromatic N) is 2. The van der Waals surface area contributed by atoms with Crippen LogP contribution in [-0.2, 0) is 0 Å². The van der Waals surface area contributed by atoms with Gasteiger partial charge in [-0.25, -0.2) is 14.8 Å². The maximum Gasteiger partial charge on any atom is 0.338 e. The number of carboxylic acids is 1. The van der Waals surface area contributed by atoms with Gasteiger partial charge in [-0.15, -0.1) is 11.3 Å². The quantitative estimate of drug-likeness (QED) is 0.726. The molecule has 3 aromatic rings. The Labute approximate surface area is 99.8 Å². The van der Waals surface area contributed by atoms with Gasteiger partial charge in [0.15, 0.2) is 0 Å². The van der Waals surface area contributed by atoms with Gasteiger partial charge >= 0.3 is 5.97 Å². The minimum absolute atomic E-state index is 0.198. The summed E-state index contributed by atoms with van der Waals surface area (Å²) >= 11 is 1.52. The average Bonchev–Trinajstić information content (AvgIpc) is 2.97. The third kappa shape index (κ3) is 1.50. The van der Waals surface area contributed by atoms with Crippen LogP contribution in [-0.4, -0.2) is 26.0 Å². The molecule has 84 valence electrons. The van der Waals surface area contributed by atoms with Crippen molar-refractivity contribution in [1.29, 1.82) is 0 Å². The lowest BCUT2D eigenvalue weighted by molar-refractivity contribution is 0.0699. The fourth-order valence-corrected chi connectivity index (χ4v) is 2.46. The monoisotopic (exact) mass is 245 g/mol. The highest BCUT2D eigenvalue weighted by Crippen LogP contribution is 2.30. The first kappa shape index (κ1) is 9.98. The highest BCUT2D eigenvalue weighted by Gasteiger charge is 2.17. The summed E-state index contributed by atoms with van der Waals surface area (Å²) in [5.41, 5.74) is 1.40. The fourth-order valence-electron chi connectivity index (χ4n) is 1.73. The van der Waals surface area contributed by atoms with Gasteiger partial charge in [-0.1, -0.05) is 6.07 Å². The summed E-state index contributed by atoms with van der Waals surface area (Å²) in [6.45, 7) is 0. The zero-order valence-corrected chi connectivity index (χ0v) is 9.36. The zero-order valence-electron chi connectivity index (χ0n) is 8.54. The lowest BCUT2D eigenvalue weighted by Gasteiger charge is -1.99. The molecule has 0 aliphatic rings. The van der Waals surface area contributed by atoms with Gasteiger partial charge < -0.3 is 10.1 Å². The van der Waals surface area contributed by atoms with Gasteiger partial charge in [-0.05, 0) is 11.4 Å². The first-order chi connectivity index (χ1) is 8.27. The SMILES string of the molecule is O=C(O)c1c[nH]c2ncnc(-c3cccs3)c12. The molecule has 0 spiro atoms. The maximum atomic E-state index is 11.1. The molecular formula is C11H7N3O2S. The third-order valence-electron chi connectivity index (χ3n) is 2.45. The molecule has 0 saturated heterocycles. The molecule has 0 atom stereocenters. The van der Waals surface area contributed by atoms with Crippen LogP contribution in [0.15, 0.2) is 30.0 Å². The summed E-state index contributed by atoms with van der Waals surface area (Å²) in [5.74, 6) is -0.983. The minimum atomic E-state index is -0.983. The summed E-state index contributed by atoms with van der Waals surface area (Å²) in [4.78, 5) is 23.1. The second-order valence-electron chi connectivity index (χ2n) is 3.43. The predicted molar refractivity (Wildman–Crippen MR) is 64.2 cm³/mol. The van der Waals surface area contributed by atoms with E-state index in [1.54, 1.807) is 0 Å². The number of thiophene rings is 1. The fraction of sp³-hybridized carbons (Fsp3) is 0. The first-order valence-corrected chi connectivity index (χ1v) is 5.74. The largest absolute Gasteiger partial charge is 0.478 e. The molecule has 3 aromatic heterocycles. The maximum absolute atomic E-state index is 11.1. The summed E-state index contributed by atoms with van der Waals surface area (Å²) in [5, 5.41) is 11.6. The topological polar surface area (TPSA) is 78.9 Å². The summed E-state index contributed by atoms with van der Waals surface area (Å²) in [6, 6.07) is 3.81. The molecule has 17 heavy (non-hydrogen) atoms. The van der Waals surface area contributed by atoms with Crippen molar-refractivity contribution < 1.29 is 9.90 Å².